The number of aryl methyl sites for hydroxylation is 1. The fourth-order valence-electron chi connectivity index (χ4n) is 2.10. The number of anilines is 1. The monoisotopic (exact) mass is 438 g/mol. The Morgan fingerprint density at radius 1 is 1.23 bits per heavy atom. The summed E-state index contributed by atoms with van der Waals surface area (Å²) in [5, 5.41) is 9.01. The van der Waals surface area contributed by atoms with E-state index in [2.05, 4.69) is 26.6 Å². The Hall–Kier alpha value is -2.19. The number of carbonyl (C=O) groups excluding carboxylic acids is 3. The SMILES string of the molecule is Cc1cc(Br)ccc1NC(=O)COC(=O)CCCNC(=O)c1ccsc1. The molecule has 0 saturated carbocycles. The predicted molar refractivity (Wildman–Crippen MR) is 104 cm³/mol. The van der Waals surface area contributed by atoms with Crippen molar-refractivity contribution in [1.29, 1.82) is 0 Å². The molecule has 0 saturated heterocycles. The van der Waals surface area contributed by atoms with Gasteiger partial charge >= 0.3 is 5.97 Å². The van der Waals surface area contributed by atoms with Crippen LogP contribution in [-0.4, -0.2) is 30.9 Å². The predicted octanol–water partition coefficient (Wildman–Crippen LogP) is 3.51. The molecule has 0 aliphatic carbocycles. The number of esters is 1. The van der Waals surface area contributed by atoms with Gasteiger partial charge in [-0.2, -0.15) is 11.3 Å². The molecular formula is C18H19BrN2O4S. The third kappa shape index (κ3) is 6.61. The Labute approximate surface area is 164 Å². The van der Waals surface area contributed by atoms with E-state index < -0.39 is 11.9 Å². The number of hydrogen-bond donors (Lipinski definition) is 2. The molecule has 0 atom stereocenters. The molecule has 26 heavy (non-hydrogen) atoms. The standard InChI is InChI=1S/C18H19BrN2O4S/c1-12-9-14(19)4-5-15(12)21-16(22)10-25-17(23)3-2-7-20-18(24)13-6-8-26-11-13/h4-6,8-9,11H,2-3,7,10H2,1H3,(H,20,24)(H,21,22). The van der Waals surface area contributed by atoms with E-state index in [1.807, 2.05) is 24.4 Å². The number of rotatable bonds is 8. The minimum atomic E-state index is -0.475. The molecule has 2 aromatic rings. The van der Waals surface area contributed by atoms with Crippen molar-refractivity contribution in [3.8, 4) is 0 Å². The molecule has 138 valence electrons. The highest BCUT2D eigenvalue weighted by molar-refractivity contribution is 9.10. The van der Waals surface area contributed by atoms with Gasteiger partial charge in [0.25, 0.3) is 11.8 Å². The fraction of sp³-hybridized carbons (Fsp3) is 0.278. The Morgan fingerprint density at radius 3 is 2.73 bits per heavy atom. The minimum absolute atomic E-state index is 0.133. The lowest BCUT2D eigenvalue weighted by molar-refractivity contribution is -0.147. The summed E-state index contributed by atoms with van der Waals surface area (Å²) in [6.07, 6.45) is 0.580. The van der Waals surface area contributed by atoms with Crippen LogP contribution in [0.15, 0.2) is 39.5 Å². The van der Waals surface area contributed by atoms with Crippen molar-refractivity contribution in [1.82, 2.24) is 5.32 Å². The Bertz CT molecular complexity index is 778. The van der Waals surface area contributed by atoms with Crippen molar-refractivity contribution < 1.29 is 19.1 Å². The first-order chi connectivity index (χ1) is 12.5. The fourth-order valence-corrected chi connectivity index (χ4v) is 3.21. The first-order valence-electron chi connectivity index (χ1n) is 7.97. The maximum Gasteiger partial charge on any atom is 0.306 e. The van der Waals surface area contributed by atoms with E-state index in [1.165, 1.54) is 11.3 Å². The minimum Gasteiger partial charge on any atom is -0.456 e. The second kappa shape index (κ2) is 10.1. The molecule has 8 heteroatoms. The van der Waals surface area contributed by atoms with Crippen LogP contribution in [0, 0.1) is 6.92 Å². The average molecular weight is 439 g/mol. The van der Waals surface area contributed by atoms with Crippen molar-refractivity contribution in [2.75, 3.05) is 18.5 Å². The normalized spacial score (nSPS) is 10.2. The van der Waals surface area contributed by atoms with Gasteiger partial charge in [-0.25, -0.2) is 0 Å². The molecule has 0 spiro atoms. The van der Waals surface area contributed by atoms with Gasteiger partial charge in [-0.15, -0.1) is 0 Å². The number of carbonyl (C=O) groups is 3. The van der Waals surface area contributed by atoms with E-state index in [4.69, 9.17) is 4.74 Å². The van der Waals surface area contributed by atoms with E-state index in [0.717, 1.165) is 10.0 Å². The van der Waals surface area contributed by atoms with Crippen molar-refractivity contribution in [3.63, 3.8) is 0 Å². The summed E-state index contributed by atoms with van der Waals surface area (Å²) in [7, 11) is 0. The molecule has 0 bridgehead atoms. The van der Waals surface area contributed by atoms with Gasteiger partial charge < -0.3 is 15.4 Å². The highest BCUT2D eigenvalue weighted by Crippen LogP contribution is 2.19. The molecule has 2 N–H and O–H groups in total. The number of ether oxygens (including phenoxy) is 1. The lowest BCUT2D eigenvalue weighted by Gasteiger charge is -2.09. The number of halogens is 1. The molecule has 0 aliphatic rings. The van der Waals surface area contributed by atoms with Gasteiger partial charge in [0.1, 0.15) is 0 Å². The summed E-state index contributed by atoms with van der Waals surface area (Å²) >= 11 is 4.80. The number of hydrogen-bond acceptors (Lipinski definition) is 5. The molecule has 1 heterocycles. The number of thiophene rings is 1. The molecule has 2 amide bonds. The number of nitrogens with one attached hydrogen (secondary N) is 2. The van der Waals surface area contributed by atoms with Gasteiger partial charge in [0, 0.05) is 34.1 Å². The second-order valence-corrected chi connectivity index (χ2v) is 7.24. The maximum absolute atomic E-state index is 11.8. The molecule has 2 rings (SSSR count). The molecule has 0 unspecified atom stereocenters. The van der Waals surface area contributed by atoms with Crippen LogP contribution in [0.1, 0.15) is 28.8 Å². The first kappa shape index (κ1) is 20.1. The zero-order valence-electron chi connectivity index (χ0n) is 14.2. The molecule has 1 aromatic carbocycles. The molecule has 1 aromatic heterocycles. The lowest BCUT2D eigenvalue weighted by Crippen LogP contribution is -2.25. The highest BCUT2D eigenvalue weighted by atomic mass is 79.9. The third-order valence-corrected chi connectivity index (χ3v) is 4.63. The van der Waals surface area contributed by atoms with Gasteiger partial charge in [-0.1, -0.05) is 15.9 Å². The van der Waals surface area contributed by atoms with E-state index in [9.17, 15) is 14.4 Å². The summed E-state index contributed by atoms with van der Waals surface area (Å²) in [5.41, 5.74) is 2.18. The van der Waals surface area contributed by atoms with Crippen LogP contribution in [0.25, 0.3) is 0 Å². The van der Waals surface area contributed by atoms with E-state index >= 15 is 0 Å². The van der Waals surface area contributed by atoms with Crippen LogP contribution in [-0.2, 0) is 14.3 Å². The Morgan fingerprint density at radius 2 is 2.04 bits per heavy atom. The molecule has 0 radical (unpaired) electrons. The van der Waals surface area contributed by atoms with Gasteiger partial charge in [0.05, 0.1) is 0 Å². The van der Waals surface area contributed by atoms with Gasteiger partial charge in [-0.3, -0.25) is 14.4 Å². The lowest BCUT2D eigenvalue weighted by atomic mass is 10.2. The van der Waals surface area contributed by atoms with Crippen LogP contribution in [0.3, 0.4) is 0 Å². The molecular weight excluding hydrogens is 420 g/mol. The van der Waals surface area contributed by atoms with E-state index in [1.54, 1.807) is 17.5 Å². The van der Waals surface area contributed by atoms with Crippen LogP contribution < -0.4 is 10.6 Å². The Kier molecular flexibility index (Phi) is 7.80. The van der Waals surface area contributed by atoms with Crippen LogP contribution >= 0.6 is 27.3 Å². The molecule has 6 nitrogen and oxygen atoms in total. The smallest absolute Gasteiger partial charge is 0.306 e. The summed E-state index contributed by atoms with van der Waals surface area (Å²) in [6.45, 7) is 1.90. The summed E-state index contributed by atoms with van der Waals surface area (Å²) in [5.74, 6) is -1.03. The topological polar surface area (TPSA) is 84.5 Å². The van der Waals surface area contributed by atoms with E-state index in [-0.39, 0.29) is 18.9 Å². The number of amides is 2. The number of benzene rings is 1. The van der Waals surface area contributed by atoms with Crippen molar-refractivity contribution in [2.24, 2.45) is 0 Å². The average Bonchev–Trinajstić information content (AvgIpc) is 3.14. The van der Waals surface area contributed by atoms with Crippen molar-refractivity contribution in [2.45, 2.75) is 19.8 Å². The first-order valence-corrected chi connectivity index (χ1v) is 9.71. The molecule has 0 aliphatic heterocycles. The van der Waals surface area contributed by atoms with Gasteiger partial charge in [0.15, 0.2) is 6.61 Å². The van der Waals surface area contributed by atoms with Crippen LogP contribution in [0.4, 0.5) is 5.69 Å². The second-order valence-electron chi connectivity index (χ2n) is 5.54. The summed E-state index contributed by atoms with van der Waals surface area (Å²) in [6, 6.07) is 7.21. The van der Waals surface area contributed by atoms with E-state index in [0.29, 0.717) is 24.2 Å². The largest absolute Gasteiger partial charge is 0.456 e. The van der Waals surface area contributed by atoms with Crippen LogP contribution in [0.5, 0.6) is 0 Å². The molecule has 0 fully saturated rings. The third-order valence-electron chi connectivity index (χ3n) is 3.45. The van der Waals surface area contributed by atoms with Crippen LogP contribution in [0.2, 0.25) is 0 Å². The maximum atomic E-state index is 11.8. The van der Waals surface area contributed by atoms with Gasteiger partial charge in [-0.05, 0) is 48.6 Å². The highest BCUT2D eigenvalue weighted by Gasteiger charge is 2.10. The quantitative estimate of drug-likeness (QED) is 0.487. The Balaban J connectivity index is 1.62. The summed E-state index contributed by atoms with van der Waals surface area (Å²) in [4.78, 5) is 35.2. The van der Waals surface area contributed by atoms with Gasteiger partial charge in [0.2, 0.25) is 0 Å². The van der Waals surface area contributed by atoms with Crippen molar-refractivity contribution in [3.05, 3.63) is 50.6 Å². The summed E-state index contributed by atoms with van der Waals surface area (Å²) < 4.78 is 5.87. The zero-order valence-corrected chi connectivity index (χ0v) is 16.6. The van der Waals surface area contributed by atoms with Crippen molar-refractivity contribution >= 4 is 50.7 Å². The zero-order chi connectivity index (χ0) is 18.9.